The molecule has 4 aromatic rings. The molecule has 1 amide bonds. The maximum Gasteiger partial charge on any atom is 0.229 e. The van der Waals surface area contributed by atoms with E-state index in [1.54, 1.807) is 43.4 Å². The minimum Gasteiger partial charge on any atom is -0.497 e. The summed E-state index contributed by atoms with van der Waals surface area (Å²) in [7, 11) is 9.22. The molecular formula is C25H30N8O3. The maximum absolute atomic E-state index is 11.3. The predicted octanol–water partition coefficient (Wildman–Crippen LogP) is 3.14. The maximum atomic E-state index is 11.3. The van der Waals surface area contributed by atoms with Crippen LogP contribution < -0.4 is 25.0 Å². The monoisotopic (exact) mass is 490 g/mol. The van der Waals surface area contributed by atoms with Gasteiger partial charge in [0.25, 0.3) is 0 Å². The van der Waals surface area contributed by atoms with Crippen LogP contribution in [0.1, 0.15) is 0 Å². The minimum atomic E-state index is 0.350. The smallest absolute Gasteiger partial charge is 0.229 e. The van der Waals surface area contributed by atoms with Crippen LogP contribution in [0, 0.1) is 0 Å². The molecule has 0 radical (unpaired) electrons. The zero-order valence-electron chi connectivity index (χ0n) is 21.0. The topological polar surface area (TPSA) is 110 Å². The zero-order valence-corrected chi connectivity index (χ0v) is 21.0. The van der Waals surface area contributed by atoms with Crippen LogP contribution in [0.25, 0.3) is 16.7 Å². The van der Waals surface area contributed by atoms with Gasteiger partial charge < -0.3 is 29.9 Å². The van der Waals surface area contributed by atoms with Gasteiger partial charge in [0, 0.05) is 49.9 Å². The highest BCUT2D eigenvalue weighted by Crippen LogP contribution is 2.37. The Bertz CT molecular complexity index is 1350. The SMILES string of the molecule is COc1ccc2cnn(-c3ccnc(Nc4cc(NC=O)c(N(C)CCN(C)C)cc4OC)n3)c2c1. The Morgan fingerprint density at radius 3 is 2.58 bits per heavy atom. The molecule has 0 aliphatic rings. The highest BCUT2D eigenvalue weighted by atomic mass is 16.5. The van der Waals surface area contributed by atoms with Gasteiger partial charge in [-0.2, -0.15) is 10.1 Å². The minimum absolute atomic E-state index is 0.350. The van der Waals surface area contributed by atoms with E-state index in [0.717, 1.165) is 35.4 Å². The van der Waals surface area contributed by atoms with Crippen molar-refractivity contribution in [3.05, 3.63) is 48.8 Å². The van der Waals surface area contributed by atoms with E-state index in [1.807, 2.05) is 45.4 Å². The number of hydrogen-bond donors (Lipinski definition) is 2. The molecule has 4 rings (SSSR count). The highest BCUT2D eigenvalue weighted by molar-refractivity contribution is 5.87. The second-order valence-corrected chi connectivity index (χ2v) is 8.40. The van der Waals surface area contributed by atoms with E-state index in [-0.39, 0.29) is 0 Å². The lowest BCUT2D eigenvalue weighted by molar-refractivity contribution is -0.105. The molecule has 0 aliphatic heterocycles. The van der Waals surface area contributed by atoms with Crippen LogP contribution in [0.15, 0.2) is 48.8 Å². The first-order valence-corrected chi connectivity index (χ1v) is 11.3. The predicted molar refractivity (Wildman–Crippen MR) is 141 cm³/mol. The molecule has 0 spiro atoms. The summed E-state index contributed by atoms with van der Waals surface area (Å²) in [5.41, 5.74) is 2.93. The number of carbonyl (C=O) groups is 1. The van der Waals surface area contributed by atoms with Gasteiger partial charge in [0.1, 0.15) is 11.5 Å². The quantitative estimate of drug-likeness (QED) is 0.306. The van der Waals surface area contributed by atoms with Crippen molar-refractivity contribution >= 4 is 40.3 Å². The van der Waals surface area contributed by atoms with Crippen LogP contribution in [0.3, 0.4) is 0 Å². The van der Waals surface area contributed by atoms with Crippen molar-refractivity contribution < 1.29 is 14.3 Å². The number of aromatic nitrogens is 4. The van der Waals surface area contributed by atoms with E-state index in [2.05, 4.69) is 35.5 Å². The summed E-state index contributed by atoms with van der Waals surface area (Å²) in [6.07, 6.45) is 4.08. The molecule has 0 aliphatic carbocycles. The van der Waals surface area contributed by atoms with Crippen LogP contribution in [0.4, 0.5) is 23.0 Å². The van der Waals surface area contributed by atoms with Gasteiger partial charge in [-0.25, -0.2) is 9.67 Å². The molecule has 0 saturated heterocycles. The molecule has 36 heavy (non-hydrogen) atoms. The number of carbonyl (C=O) groups excluding carboxylic acids is 1. The number of methoxy groups -OCH3 is 2. The number of anilines is 4. The van der Waals surface area contributed by atoms with Crippen molar-refractivity contribution in [3.63, 3.8) is 0 Å². The van der Waals surface area contributed by atoms with E-state index in [9.17, 15) is 4.79 Å². The van der Waals surface area contributed by atoms with Crippen molar-refractivity contribution in [1.82, 2.24) is 24.6 Å². The number of fused-ring (bicyclic) bond motifs is 1. The third-order valence-corrected chi connectivity index (χ3v) is 5.71. The number of ether oxygens (including phenoxy) is 2. The molecule has 188 valence electrons. The molecule has 0 unspecified atom stereocenters. The van der Waals surface area contributed by atoms with Gasteiger partial charge >= 0.3 is 0 Å². The first-order valence-electron chi connectivity index (χ1n) is 11.3. The number of amides is 1. The Morgan fingerprint density at radius 1 is 1.03 bits per heavy atom. The second kappa shape index (κ2) is 10.9. The molecular weight excluding hydrogens is 460 g/mol. The lowest BCUT2D eigenvalue weighted by Crippen LogP contribution is -2.29. The summed E-state index contributed by atoms with van der Waals surface area (Å²) < 4.78 is 12.7. The molecule has 2 aromatic heterocycles. The molecule has 2 heterocycles. The van der Waals surface area contributed by atoms with Crippen molar-refractivity contribution in [2.75, 3.05) is 64.0 Å². The molecule has 2 N–H and O–H groups in total. The van der Waals surface area contributed by atoms with Gasteiger partial charge in [0.2, 0.25) is 12.4 Å². The van der Waals surface area contributed by atoms with Crippen molar-refractivity contribution in [2.24, 2.45) is 0 Å². The van der Waals surface area contributed by atoms with Crippen molar-refractivity contribution in [2.45, 2.75) is 0 Å². The fourth-order valence-corrected chi connectivity index (χ4v) is 3.76. The average molecular weight is 491 g/mol. The van der Waals surface area contributed by atoms with Gasteiger partial charge in [-0.3, -0.25) is 4.79 Å². The number of nitrogens with one attached hydrogen (secondary N) is 2. The first kappa shape index (κ1) is 24.7. The fraction of sp³-hybridized carbons (Fsp3) is 0.280. The van der Waals surface area contributed by atoms with Crippen LogP contribution >= 0.6 is 0 Å². The number of likely N-dealkylation sites (N-methyl/N-ethyl adjacent to an activating group) is 2. The molecule has 0 fully saturated rings. The van der Waals surface area contributed by atoms with Crippen LogP contribution in [-0.2, 0) is 4.79 Å². The average Bonchev–Trinajstić information content (AvgIpc) is 3.31. The van der Waals surface area contributed by atoms with Gasteiger partial charge in [-0.1, -0.05) is 0 Å². The standard InChI is InChI=1S/C25H30N8O3/c1-31(2)10-11-32(3)22-14-23(36-5)20(13-19(22)27-16-34)29-25-26-9-8-24(30-25)33-21-12-18(35-4)7-6-17(21)15-28-33/h6-9,12-16H,10-11H2,1-5H3,(H,27,34)(H,26,29,30). The Balaban J connectivity index is 1.67. The van der Waals surface area contributed by atoms with Crippen LogP contribution in [0.2, 0.25) is 0 Å². The Hall–Kier alpha value is -4.38. The number of hydrogen-bond acceptors (Lipinski definition) is 9. The third-order valence-electron chi connectivity index (χ3n) is 5.71. The number of rotatable bonds is 11. The molecule has 11 heteroatoms. The summed E-state index contributed by atoms with van der Waals surface area (Å²) in [4.78, 5) is 24.5. The third kappa shape index (κ3) is 5.31. The summed E-state index contributed by atoms with van der Waals surface area (Å²) >= 11 is 0. The molecule has 0 saturated carbocycles. The summed E-state index contributed by atoms with van der Waals surface area (Å²) in [6, 6.07) is 11.2. The number of benzene rings is 2. The van der Waals surface area contributed by atoms with E-state index >= 15 is 0 Å². The van der Waals surface area contributed by atoms with Gasteiger partial charge in [0.15, 0.2) is 5.82 Å². The van der Waals surface area contributed by atoms with E-state index in [4.69, 9.17) is 9.47 Å². The normalized spacial score (nSPS) is 10.9. The molecule has 11 nitrogen and oxygen atoms in total. The van der Waals surface area contributed by atoms with Gasteiger partial charge in [-0.15, -0.1) is 0 Å². The molecule has 0 bridgehead atoms. The van der Waals surface area contributed by atoms with Crippen molar-refractivity contribution in [3.8, 4) is 17.3 Å². The molecule has 2 aromatic carbocycles. The summed E-state index contributed by atoms with van der Waals surface area (Å²) in [5, 5.41) is 11.4. The fourth-order valence-electron chi connectivity index (χ4n) is 3.76. The Labute approximate surface area is 209 Å². The van der Waals surface area contributed by atoms with E-state index in [1.165, 1.54) is 0 Å². The summed E-state index contributed by atoms with van der Waals surface area (Å²) in [6.45, 7) is 1.62. The van der Waals surface area contributed by atoms with Crippen molar-refractivity contribution in [1.29, 1.82) is 0 Å². The second-order valence-electron chi connectivity index (χ2n) is 8.40. The number of nitrogens with zero attached hydrogens (tertiary/aromatic N) is 6. The van der Waals surface area contributed by atoms with Crippen LogP contribution in [0.5, 0.6) is 11.5 Å². The molecule has 0 atom stereocenters. The summed E-state index contributed by atoms with van der Waals surface area (Å²) in [5.74, 6) is 2.25. The van der Waals surface area contributed by atoms with Gasteiger partial charge in [-0.05, 0) is 32.3 Å². The lowest BCUT2D eigenvalue weighted by atomic mass is 10.2. The lowest BCUT2D eigenvalue weighted by Gasteiger charge is -2.25. The Kier molecular flexibility index (Phi) is 7.50. The highest BCUT2D eigenvalue weighted by Gasteiger charge is 2.16. The largest absolute Gasteiger partial charge is 0.497 e. The van der Waals surface area contributed by atoms with Crippen LogP contribution in [-0.4, -0.2) is 79.5 Å². The zero-order chi connectivity index (χ0) is 25.7. The van der Waals surface area contributed by atoms with E-state index < -0.39 is 0 Å². The first-order chi connectivity index (χ1) is 17.4. The Morgan fingerprint density at radius 2 is 1.86 bits per heavy atom. The van der Waals surface area contributed by atoms with Gasteiger partial charge in [0.05, 0.1) is 43.0 Å². The van der Waals surface area contributed by atoms with E-state index in [0.29, 0.717) is 35.3 Å².